The van der Waals surface area contributed by atoms with Gasteiger partial charge in [-0.05, 0) is 126 Å². The fourth-order valence-electron chi connectivity index (χ4n) is 10.5. The van der Waals surface area contributed by atoms with Crippen molar-refractivity contribution in [3.05, 3.63) is 108 Å². The maximum Gasteiger partial charge on any atom is 0.303 e. The summed E-state index contributed by atoms with van der Waals surface area (Å²) < 4.78 is 170. The van der Waals surface area contributed by atoms with Crippen molar-refractivity contribution in [2.24, 2.45) is 0 Å². The van der Waals surface area contributed by atoms with Crippen LogP contribution >= 0.6 is 24.1 Å². The van der Waals surface area contributed by atoms with E-state index in [0.717, 1.165) is 23.0 Å². The number of carboxylic acid groups (broad SMARTS) is 1. The Morgan fingerprint density at radius 1 is 0.625 bits per heavy atom. The molecule has 7 N–H and O–H groups in total. The fourth-order valence-corrected chi connectivity index (χ4v) is 13.1. The summed E-state index contributed by atoms with van der Waals surface area (Å²) >= 11 is 0.666. The van der Waals surface area contributed by atoms with Gasteiger partial charge >= 0.3 is 5.97 Å². The van der Waals surface area contributed by atoms with E-state index in [1.54, 1.807) is 50.6 Å². The number of ether oxygens (including phenoxy) is 8. The van der Waals surface area contributed by atoms with E-state index in [9.17, 15) is 57.9 Å². The minimum absolute atomic E-state index is 0.0000283. The monoisotopic (exact) mass is 1330 g/mol. The minimum Gasteiger partial charge on any atom is -0.481 e. The Labute approximate surface area is 525 Å². The van der Waals surface area contributed by atoms with Crippen molar-refractivity contribution >= 4 is 93.3 Å². The number of nitrogens with one attached hydrogen (secondary N) is 1. The summed E-state index contributed by atoms with van der Waals surface area (Å²) in [6.45, 7) is 9.63. The molecule has 5 rings (SSSR count). The zero-order chi connectivity index (χ0) is 64.2. The van der Waals surface area contributed by atoms with Crippen LogP contribution in [0.15, 0.2) is 116 Å². The molecule has 1 aliphatic rings. The van der Waals surface area contributed by atoms with Crippen molar-refractivity contribution in [1.29, 1.82) is 0 Å². The van der Waals surface area contributed by atoms with Crippen molar-refractivity contribution in [3.63, 3.8) is 0 Å². The number of allylic oxidation sites excluding steroid dienone is 8. The first-order valence-electron chi connectivity index (χ1n) is 28.7. The van der Waals surface area contributed by atoms with Crippen LogP contribution < -0.4 is 10.2 Å². The first-order chi connectivity index (χ1) is 42.0. The molecule has 88 heavy (non-hydrogen) atoms. The Hall–Kier alpha value is -4.54. The maximum absolute atomic E-state index is 12.7. The molecule has 2 unspecified atom stereocenters. The topological polar surface area (TPSA) is 330 Å². The van der Waals surface area contributed by atoms with E-state index in [2.05, 4.69) is 10.2 Å². The van der Waals surface area contributed by atoms with Crippen LogP contribution in [0, 0.1) is 0 Å². The van der Waals surface area contributed by atoms with Crippen LogP contribution in [0.2, 0.25) is 0 Å². The number of fused-ring (bicyclic) bond motifs is 4. The van der Waals surface area contributed by atoms with Crippen molar-refractivity contribution in [2.45, 2.75) is 95.6 Å². The van der Waals surface area contributed by atoms with Crippen LogP contribution in [0.4, 0.5) is 11.4 Å². The zero-order valence-corrected chi connectivity index (χ0v) is 54.2. The summed E-state index contributed by atoms with van der Waals surface area (Å²) in [5, 5.41) is 14.6. The highest BCUT2D eigenvalue weighted by atomic mass is 32.2. The van der Waals surface area contributed by atoms with Gasteiger partial charge in [-0.3, -0.25) is 18.5 Å². The molecule has 1 aliphatic heterocycles. The number of hydrogen-bond acceptors (Lipinski definition) is 21. The maximum atomic E-state index is 12.7. The van der Waals surface area contributed by atoms with Gasteiger partial charge in [-0.1, -0.05) is 61.9 Å². The van der Waals surface area contributed by atoms with Gasteiger partial charge in [-0.2, -0.15) is 25.3 Å². The normalized spacial score (nSPS) is 16.1. The summed E-state index contributed by atoms with van der Waals surface area (Å²) in [4.78, 5) is 13.1. The van der Waals surface area contributed by atoms with Crippen molar-refractivity contribution in [1.82, 2.24) is 0 Å². The third-order valence-electron chi connectivity index (χ3n) is 14.7. The van der Waals surface area contributed by atoms with E-state index in [-0.39, 0.29) is 68.4 Å². The van der Waals surface area contributed by atoms with Crippen LogP contribution in [-0.4, -0.2) is 185 Å². The van der Waals surface area contributed by atoms with Crippen LogP contribution in [0.5, 0.6) is 0 Å². The first kappa shape index (κ1) is 74.2. The van der Waals surface area contributed by atoms with E-state index in [4.69, 9.17) is 37.9 Å². The van der Waals surface area contributed by atoms with E-state index < -0.39 is 62.7 Å². The van der Waals surface area contributed by atoms with Crippen LogP contribution in [0.25, 0.3) is 21.5 Å². The Bertz CT molecular complexity index is 3360. The molecule has 0 saturated heterocycles. The number of methoxy groups -OCH3 is 2. The molecule has 0 radical (unpaired) electrons. The second kappa shape index (κ2) is 37.1. The van der Waals surface area contributed by atoms with E-state index >= 15 is 0 Å². The average Bonchev–Trinajstić information content (AvgIpc) is 1.56. The van der Waals surface area contributed by atoms with Gasteiger partial charge in [0, 0.05) is 96.7 Å². The number of rotatable bonds is 45. The molecule has 23 nitrogen and oxygen atoms in total. The molecule has 0 saturated carbocycles. The van der Waals surface area contributed by atoms with Gasteiger partial charge < -0.3 is 62.3 Å². The van der Waals surface area contributed by atoms with E-state index in [1.807, 2.05) is 44.2 Å². The smallest absolute Gasteiger partial charge is 0.303 e. The molecule has 1 heterocycles. The summed E-state index contributed by atoms with van der Waals surface area (Å²) in [6, 6.07) is 12.3. The lowest BCUT2D eigenvalue weighted by Gasteiger charge is -2.33. The molecule has 0 aliphatic carbocycles. The highest BCUT2D eigenvalue weighted by Crippen LogP contribution is 2.54. The second-order valence-corrected chi connectivity index (χ2v) is 26.7. The van der Waals surface area contributed by atoms with Gasteiger partial charge in [0.1, 0.15) is 0 Å². The van der Waals surface area contributed by atoms with Crippen molar-refractivity contribution in [2.75, 3.05) is 136 Å². The highest BCUT2D eigenvalue weighted by molar-refractivity contribution is 7.94. The third-order valence-corrected chi connectivity index (χ3v) is 18.2. The Kier molecular flexibility index (Phi) is 31.3. The largest absolute Gasteiger partial charge is 0.481 e. The molecular formula is C60H84N2O21S5. The van der Waals surface area contributed by atoms with Crippen molar-refractivity contribution in [3.8, 4) is 0 Å². The SMILES string of the molecule is COCCOCCOCCOCCNc1ccc2c(SO)cc(S(=O)(=O)O)cc2c1C(C)(C/C=C/C=C/C=C/C=C1/N(CCCCCC(=O)O)c2ccc3c(SO)cc(S(=O)(=O)O)cc3c2C1(C)CCOCCOCCOCCOC)CCCS(=O)(=O)O. The van der Waals surface area contributed by atoms with Gasteiger partial charge in [0.05, 0.1) is 101 Å². The predicted octanol–water partition coefficient (Wildman–Crippen LogP) is 10.1. The predicted molar refractivity (Wildman–Crippen MR) is 340 cm³/mol. The van der Waals surface area contributed by atoms with Crippen LogP contribution in [-0.2, 0) is 83.9 Å². The van der Waals surface area contributed by atoms with E-state index in [0.29, 0.717) is 155 Å². The number of benzene rings is 4. The molecule has 28 heteroatoms. The van der Waals surface area contributed by atoms with E-state index in [1.165, 1.54) is 18.2 Å². The molecule has 490 valence electrons. The lowest BCUT2D eigenvalue weighted by atomic mass is 9.73. The van der Waals surface area contributed by atoms with Gasteiger partial charge in [0.15, 0.2) is 0 Å². The Morgan fingerprint density at radius 2 is 1.14 bits per heavy atom. The summed E-state index contributed by atoms with van der Waals surface area (Å²) in [7, 11) is -10.7. The average molecular weight is 1330 g/mol. The molecule has 0 amide bonds. The number of carboxylic acids is 1. The Morgan fingerprint density at radius 3 is 1.68 bits per heavy atom. The molecule has 0 spiro atoms. The summed E-state index contributed by atoms with van der Waals surface area (Å²) in [5.41, 5.74) is 1.51. The molecular weight excluding hydrogens is 1240 g/mol. The van der Waals surface area contributed by atoms with Gasteiger partial charge in [0.2, 0.25) is 0 Å². The van der Waals surface area contributed by atoms with Crippen LogP contribution in [0.1, 0.15) is 76.3 Å². The molecule has 4 aromatic rings. The molecule has 2 atom stereocenters. The number of hydrogen-bond donors (Lipinski definition) is 7. The standard InChI is InChI=1S/C60H84N2O21S5/c1-59(22-14-40-86(67,68)69,57-49-41-45(87(70,71)72)43-53(84-65)47(49)17-19-51(57)61-24-27-79-33-35-83-39-37-81-31-29-77-4)21-12-8-6-5-7-10-15-55-60(2,23-26-78-32-34-82-38-36-80-30-28-76-3)58-50-42-46(88(73,74)75)44-54(85-66)48(50)18-20-52(58)62(55)25-13-9-11-16-56(63)64/h5-8,10,12,15,17-20,41-44,61,65-66H,9,11,13-14,16,21-40H2,1-4H3,(H,63,64)(H,67,68,69)(H,70,71,72)(H,73,74,75)/b6-5+,10-7+,12-8+,55-15+. The first-order valence-corrected chi connectivity index (χ1v) is 34.7. The molecule has 4 aromatic carbocycles. The van der Waals surface area contributed by atoms with Crippen molar-refractivity contribution < 1.29 is 95.8 Å². The number of carbonyl (C=O) groups is 1. The Balaban J connectivity index is 1.49. The second-order valence-electron chi connectivity index (χ2n) is 21.0. The number of aliphatic carboxylic acids is 1. The van der Waals surface area contributed by atoms with Gasteiger partial charge in [-0.25, -0.2) is 0 Å². The molecule has 0 fully saturated rings. The van der Waals surface area contributed by atoms with Crippen LogP contribution in [0.3, 0.4) is 0 Å². The highest BCUT2D eigenvalue weighted by Gasteiger charge is 2.45. The van der Waals surface area contributed by atoms with Gasteiger partial charge in [0.25, 0.3) is 30.4 Å². The quantitative estimate of drug-likeness (QED) is 0.00936. The number of nitrogens with zero attached hydrogens (tertiary/aromatic N) is 1. The third kappa shape index (κ3) is 23.0. The lowest BCUT2D eigenvalue weighted by Crippen LogP contribution is -2.30. The van der Waals surface area contributed by atoms with Gasteiger partial charge in [-0.15, -0.1) is 0 Å². The fraction of sp³-hybridized carbons (Fsp3) is 0.517. The lowest BCUT2D eigenvalue weighted by molar-refractivity contribution is -0.137. The summed E-state index contributed by atoms with van der Waals surface area (Å²) in [5.74, 6) is -1.46. The molecule has 0 bridgehead atoms. The minimum atomic E-state index is -4.79. The zero-order valence-electron chi connectivity index (χ0n) is 50.1. The summed E-state index contributed by atoms with van der Waals surface area (Å²) in [6.07, 6.45) is 15.3. The molecule has 0 aromatic heterocycles. The number of unbranched alkanes of at least 4 members (excludes halogenated alkanes) is 2. The number of anilines is 2.